The minimum absolute atomic E-state index is 0.291. The lowest BCUT2D eigenvalue weighted by Crippen LogP contribution is -1.95. The summed E-state index contributed by atoms with van der Waals surface area (Å²) >= 11 is 8.76. The molecule has 0 fully saturated rings. The van der Waals surface area contributed by atoms with Crippen LogP contribution < -0.4 is 0 Å². The Bertz CT molecular complexity index is 963. The highest BCUT2D eigenvalue weighted by atomic mass is 35.5. The van der Waals surface area contributed by atoms with Crippen molar-refractivity contribution in [2.75, 3.05) is 0 Å². The maximum atomic E-state index is 10.9. The fourth-order valence-corrected chi connectivity index (χ4v) is 4.21. The maximum Gasteiger partial charge on any atom is 0.276 e. The first-order valence-corrected chi connectivity index (χ1v) is 9.26. The van der Waals surface area contributed by atoms with E-state index in [2.05, 4.69) is 10.2 Å². The fourth-order valence-electron chi connectivity index (χ4n) is 2.11. The zero-order chi connectivity index (χ0) is 18.7. The molecule has 132 valence electrons. The first kappa shape index (κ1) is 18.2. The number of thioether (sulfide) groups is 1. The van der Waals surface area contributed by atoms with Crippen LogP contribution in [0.3, 0.4) is 0 Å². The molecular weight excluding hydrogens is 400 g/mol. The summed E-state index contributed by atoms with van der Waals surface area (Å²) in [7, 11) is 0. The molecular formula is C15H9ClN4O4S2. The number of nitro benzene ring substituents is 2. The van der Waals surface area contributed by atoms with E-state index in [9.17, 15) is 20.2 Å². The number of hydrogen-bond donors (Lipinski definition) is 0. The third kappa shape index (κ3) is 4.15. The zero-order valence-corrected chi connectivity index (χ0v) is 15.3. The Morgan fingerprint density at radius 1 is 1.04 bits per heavy atom. The number of rotatable bonds is 6. The Kier molecular flexibility index (Phi) is 5.45. The summed E-state index contributed by atoms with van der Waals surface area (Å²) in [5.74, 6) is 0.291. The number of non-ortho nitro benzene ring substituents is 2. The van der Waals surface area contributed by atoms with Crippen LogP contribution in [0.1, 0.15) is 5.56 Å². The topological polar surface area (TPSA) is 112 Å². The average Bonchev–Trinajstić information content (AvgIpc) is 3.08. The molecule has 0 spiro atoms. The van der Waals surface area contributed by atoms with Gasteiger partial charge in [0.1, 0.15) is 5.01 Å². The summed E-state index contributed by atoms with van der Waals surface area (Å²) in [4.78, 5) is 20.6. The molecule has 2 aromatic carbocycles. The number of benzene rings is 2. The molecule has 3 rings (SSSR count). The molecule has 0 amide bonds. The molecule has 0 aliphatic heterocycles. The fraction of sp³-hybridized carbons (Fsp3) is 0.0667. The number of aromatic nitrogens is 2. The van der Waals surface area contributed by atoms with Crippen molar-refractivity contribution in [3.63, 3.8) is 0 Å². The van der Waals surface area contributed by atoms with E-state index in [1.54, 1.807) is 6.07 Å². The molecule has 0 radical (unpaired) electrons. The van der Waals surface area contributed by atoms with Crippen LogP contribution in [-0.4, -0.2) is 20.0 Å². The third-order valence-corrected chi connectivity index (χ3v) is 5.75. The second-order valence-electron chi connectivity index (χ2n) is 5.01. The summed E-state index contributed by atoms with van der Waals surface area (Å²) in [6, 6.07) is 10.8. The monoisotopic (exact) mass is 408 g/mol. The smallest absolute Gasteiger partial charge is 0.258 e. The summed E-state index contributed by atoms with van der Waals surface area (Å²) in [6.07, 6.45) is 0. The van der Waals surface area contributed by atoms with Gasteiger partial charge in [-0.1, -0.05) is 52.9 Å². The van der Waals surface area contributed by atoms with E-state index in [1.165, 1.54) is 35.2 Å². The highest BCUT2D eigenvalue weighted by molar-refractivity contribution is 8.00. The molecule has 0 atom stereocenters. The van der Waals surface area contributed by atoms with Crippen LogP contribution in [0.4, 0.5) is 11.4 Å². The van der Waals surface area contributed by atoms with E-state index in [1.807, 2.05) is 18.2 Å². The van der Waals surface area contributed by atoms with Crippen molar-refractivity contribution in [2.45, 2.75) is 10.1 Å². The Labute approximate surface area is 160 Å². The molecule has 0 bridgehead atoms. The van der Waals surface area contributed by atoms with Crippen LogP contribution >= 0.6 is 34.7 Å². The molecule has 0 saturated carbocycles. The quantitative estimate of drug-likeness (QED) is 0.321. The van der Waals surface area contributed by atoms with Crippen LogP contribution in [0, 0.1) is 20.2 Å². The highest BCUT2D eigenvalue weighted by Crippen LogP contribution is 2.35. The van der Waals surface area contributed by atoms with Gasteiger partial charge in [-0.05, 0) is 11.6 Å². The summed E-state index contributed by atoms with van der Waals surface area (Å²) in [5.41, 5.74) is 0.600. The van der Waals surface area contributed by atoms with Crippen molar-refractivity contribution in [3.05, 3.63) is 73.3 Å². The molecule has 0 unspecified atom stereocenters. The minimum atomic E-state index is -0.651. The molecule has 11 heteroatoms. The Balaban J connectivity index is 1.79. The van der Waals surface area contributed by atoms with Gasteiger partial charge in [0, 0.05) is 23.4 Å². The molecule has 0 N–H and O–H groups in total. The molecule has 26 heavy (non-hydrogen) atoms. The van der Waals surface area contributed by atoms with Crippen molar-refractivity contribution >= 4 is 46.1 Å². The third-order valence-electron chi connectivity index (χ3n) is 3.26. The van der Waals surface area contributed by atoms with E-state index in [-0.39, 0.29) is 11.4 Å². The van der Waals surface area contributed by atoms with Crippen LogP contribution in [0.15, 0.2) is 46.8 Å². The molecule has 3 aromatic rings. The van der Waals surface area contributed by atoms with Gasteiger partial charge < -0.3 is 0 Å². The van der Waals surface area contributed by atoms with Crippen molar-refractivity contribution in [1.82, 2.24) is 10.2 Å². The average molecular weight is 409 g/mol. The van der Waals surface area contributed by atoms with Gasteiger partial charge in [0.05, 0.1) is 20.9 Å². The largest absolute Gasteiger partial charge is 0.276 e. The lowest BCUT2D eigenvalue weighted by Gasteiger charge is -2.00. The number of halogens is 1. The van der Waals surface area contributed by atoms with Crippen molar-refractivity contribution in [1.29, 1.82) is 0 Å². The lowest BCUT2D eigenvalue weighted by molar-refractivity contribution is -0.394. The highest BCUT2D eigenvalue weighted by Gasteiger charge is 2.17. The summed E-state index contributed by atoms with van der Waals surface area (Å²) < 4.78 is 0.633. The molecule has 1 aromatic heterocycles. The second-order valence-corrected chi connectivity index (χ2v) is 7.62. The van der Waals surface area contributed by atoms with Crippen molar-refractivity contribution in [2.24, 2.45) is 0 Å². The van der Waals surface area contributed by atoms with E-state index >= 15 is 0 Å². The van der Waals surface area contributed by atoms with Crippen molar-refractivity contribution in [3.8, 4) is 10.6 Å². The molecule has 8 nitrogen and oxygen atoms in total. The Morgan fingerprint density at radius 3 is 2.31 bits per heavy atom. The number of hydrogen-bond acceptors (Lipinski definition) is 8. The maximum absolute atomic E-state index is 10.9. The van der Waals surface area contributed by atoms with E-state index in [4.69, 9.17) is 11.6 Å². The molecule has 0 aliphatic rings. The Morgan fingerprint density at radius 2 is 1.69 bits per heavy atom. The van der Waals surface area contributed by atoms with E-state index < -0.39 is 9.85 Å². The van der Waals surface area contributed by atoms with Gasteiger partial charge in [-0.2, -0.15) is 0 Å². The second kappa shape index (κ2) is 7.77. The summed E-state index contributed by atoms with van der Waals surface area (Å²) in [5, 5.41) is 31.3. The van der Waals surface area contributed by atoms with Gasteiger partial charge in [-0.15, -0.1) is 10.2 Å². The molecule has 0 aliphatic carbocycles. The number of nitrogens with zero attached hydrogens (tertiary/aromatic N) is 4. The molecule has 0 saturated heterocycles. The van der Waals surface area contributed by atoms with Crippen molar-refractivity contribution < 1.29 is 9.85 Å². The van der Waals surface area contributed by atoms with Crippen LogP contribution in [-0.2, 0) is 5.75 Å². The van der Waals surface area contributed by atoms with Crippen LogP contribution in [0.25, 0.3) is 10.6 Å². The minimum Gasteiger partial charge on any atom is -0.258 e. The first-order valence-electron chi connectivity index (χ1n) is 7.08. The summed E-state index contributed by atoms with van der Waals surface area (Å²) in [6.45, 7) is 0. The normalized spacial score (nSPS) is 10.7. The Hall–Kier alpha value is -2.56. The van der Waals surface area contributed by atoms with Crippen LogP contribution in [0.5, 0.6) is 0 Å². The predicted molar refractivity (Wildman–Crippen MR) is 99.7 cm³/mol. The first-order chi connectivity index (χ1) is 12.4. The zero-order valence-electron chi connectivity index (χ0n) is 12.9. The van der Waals surface area contributed by atoms with E-state index in [0.29, 0.717) is 25.7 Å². The van der Waals surface area contributed by atoms with Gasteiger partial charge in [-0.3, -0.25) is 20.2 Å². The van der Waals surface area contributed by atoms with Gasteiger partial charge in [0.2, 0.25) is 0 Å². The standard InChI is InChI=1S/C15H9ClN4O4S2/c16-13-4-2-1-3-12(13)14-17-18-15(26-14)25-8-9-5-10(19(21)22)7-11(6-9)20(23)24/h1-7H,8H2. The van der Waals surface area contributed by atoms with Gasteiger partial charge in [0.25, 0.3) is 11.4 Å². The SMILES string of the molecule is O=[N+]([O-])c1cc(CSc2nnc(-c3ccccc3Cl)s2)cc([N+](=O)[O-])c1. The van der Waals surface area contributed by atoms with Gasteiger partial charge >= 0.3 is 0 Å². The van der Waals surface area contributed by atoms with E-state index in [0.717, 1.165) is 11.6 Å². The predicted octanol–water partition coefficient (Wildman–Crippen LogP) is 4.97. The van der Waals surface area contributed by atoms with Gasteiger partial charge in [-0.25, -0.2) is 0 Å². The lowest BCUT2D eigenvalue weighted by atomic mass is 10.2. The van der Waals surface area contributed by atoms with Gasteiger partial charge in [0.15, 0.2) is 4.34 Å². The van der Waals surface area contributed by atoms with Crippen LogP contribution in [0.2, 0.25) is 5.02 Å². The molecule has 1 heterocycles. The number of nitro groups is 2.